The van der Waals surface area contributed by atoms with Gasteiger partial charge in [-0.25, -0.2) is 0 Å². The van der Waals surface area contributed by atoms with Gasteiger partial charge in [0, 0.05) is 5.92 Å². The summed E-state index contributed by atoms with van der Waals surface area (Å²) in [4.78, 5) is 0. The average molecular weight is 367 g/mol. The van der Waals surface area contributed by atoms with Crippen molar-refractivity contribution in [2.45, 2.75) is 103 Å². The van der Waals surface area contributed by atoms with Crippen LogP contribution < -0.4 is 0 Å². The van der Waals surface area contributed by atoms with Crippen LogP contribution in [0.4, 0.5) is 0 Å². The fourth-order valence-corrected chi connectivity index (χ4v) is 3.28. The molecule has 3 heteroatoms. The van der Waals surface area contributed by atoms with E-state index in [4.69, 9.17) is 14.6 Å². The van der Waals surface area contributed by atoms with E-state index < -0.39 is 0 Å². The zero-order valence-electron chi connectivity index (χ0n) is 17.2. The minimum Gasteiger partial charge on any atom is -0.394 e. The molecule has 1 heterocycles. The van der Waals surface area contributed by atoms with Gasteiger partial charge in [0.1, 0.15) is 6.10 Å². The first kappa shape index (κ1) is 23.4. The summed E-state index contributed by atoms with van der Waals surface area (Å²) in [6, 6.07) is 0. The Morgan fingerprint density at radius 1 is 0.923 bits per heavy atom. The molecule has 3 nitrogen and oxygen atoms in total. The molecular weight excluding hydrogens is 324 g/mol. The third kappa shape index (κ3) is 11.9. The fourth-order valence-electron chi connectivity index (χ4n) is 3.28. The first-order chi connectivity index (χ1) is 12.8. The third-order valence-corrected chi connectivity index (χ3v) is 5.05. The largest absolute Gasteiger partial charge is 0.394 e. The summed E-state index contributed by atoms with van der Waals surface area (Å²) in [6.07, 6.45) is 24.3. The van der Waals surface area contributed by atoms with Crippen molar-refractivity contribution in [2.75, 3.05) is 13.2 Å². The Balaban J connectivity index is 1.88. The predicted octanol–water partition coefficient (Wildman–Crippen LogP) is 6.17. The van der Waals surface area contributed by atoms with Gasteiger partial charge in [-0.1, -0.05) is 76.7 Å². The van der Waals surface area contributed by atoms with Gasteiger partial charge in [-0.3, -0.25) is 0 Å². The van der Waals surface area contributed by atoms with Crippen LogP contribution in [0, 0.1) is 5.92 Å². The fraction of sp³-hybridized carbons (Fsp3) is 0.826. The summed E-state index contributed by atoms with van der Waals surface area (Å²) in [5.74, 6) is 0.391. The number of ether oxygens (including phenoxy) is 2. The van der Waals surface area contributed by atoms with E-state index in [1.807, 2.05) is 0 Å². The van der Waals surface area contributed by atoms with Gasteiger partial charge < -0.3 is 14.6 Å². The van der Waals surface area contributed by atoms with Crippen LogP contribution in [0.5, 0.6) is 0 Å². The molecule has 0 spiro atoms. The Bertz CT molecular complexity index is 364. The Hall–Kier alpha value is -0.640. The van der Waals surface area contributed by atoms with E-state index in [9.17, 15) is 0 Å². The molecule has 0 saturated carbocycles. The summed E-state index contributed by atoms with van der Waals surface area (Å²) in [5, 5.41) is 9.06. The Labute approximate surface area is 161 Å². The standard InChI is InChI=1S/C23H42O3/c1-3-4-5-6-7-8-9-10-11-12-13-14-15-16-17-18-21(2)23-25-20-22(19-24)26-23/h11-12,14-15,21-24H,3-10,13,16-20H2,1-2H3/b12-11-,15-14-/t21-,22-,23-/m0/s1. The summed E-state index contributed by atoms with van der Waals surface area (Å²) in [6.45, 7) is 5.02. The van der Waals surface area contributed by atoms with E-state index in [1.165, 1.54) is 51.4 Å². The number of hydrogen-bond donors (Lipinski definition) is 1. The van der Waals surface area contributed by atoms with Crippen molar-refractivity contribution in [2.24, 2.45) is 5.92 Å². The van der Waals surface area contributed by atoms with Crippen LogP contribution in [0.15, 0.2) is 24.3 Å². The van der Waals surface area contributed by atoms with Gasteiger partial charge >= 0.3 is 0 Å². The number of hydrogen-bond acceptors (Lipinski definition) is 3. The van der Waals surface area contributed by atoms with Crippen molar-refractivity contribution >= 4 is 0 Å². The van der Waals surface area contributed by atoms with Crippen LogP contribution in [0.2, 0.25) is 0 Å². The molecule has 1 saturated heterocycles. The molecule has 0 aromatic carbocycles. The summed E-state index contributed by atoms with van der Waals surface area (Å²) < 4.78 is 11.2. The molecule has 1 aliphatic heterocycles. The molecule has 0 aromatic rings. The second-order valence-corrected chi connectivity index (χ2v) is 7.64. The van der Waals surface area contributed by atoms with Crippen molar-refractivity contribution in [3.8, 4) is 0 Å². The van der Waals surface area contributed by atoms with Crippen LogP contribution in [0.3, 0.4) is 0 Å². The van der Waals surface area contributed by atoms with Crippen LogP contribution in [-0.4, -0.2) is 30.7 Å². The minimum absolute atomic E-state index is 0.0540. The molecule has 1 N–H and O–H groups in total. The number of aliphatic hydroxyl groups is 1. The zero-order chi connectivity index (χ0) is 18.9. The van der Waals surface area contributed by atoms with Crippen molar-refractivity contribution < 1.29 is 14.6 Å². The van der Waals surface area contributed by atoms with Gasteiger partial charge in [0.05, 0.1) is 13.2 Å². The second kappa shape index (κ2) is 16.5. The molecule has 1 aliphatic rings. The molecule has 26 heavy (non-hydrogen) atoms. The van der Waals surface area contributed by atoms with Crippen LogP contribution in [-0.2, 0) is 9.47 Å². The highest BCUT2D eigenvalue weighted by molar-refractivity contribution is 4.92. The monoisotopic (exact) mass is 366 g/mol. The molecule has 0 aromatic heterocycles. The molecule has 1 rings (SSSR count). The van der Waals surface area contributed by atoms with E-state index in [-0.39, 0.29) is 19.0 Å². The van der Waals surface area contributed by atoms with Crippen LogP contribution >= 0.6 is 0 Å². The van der Waals surface area contributed by atoms with Crippen molar-refractivity contribution in [1.29, 1.82) is 0 Å². The summed E-state index contributed by atoms with van der Waals surface area (Å²) >= 11 is 0. The number of aliphatic hydroxyl groups excluding tert-OH is 1. The van der Waals surface area contributed by atoms with E-state index in [0.717, 1.165) is 25.7 Å². The highest BCUT2D eigenvalue weighted by Gasteiger charge is 2.29. The quantitative estimate of drug-likeness (QED) is 0.262. The molecule has 0 unspecified atom stereocenters. The van der Waals surface area contributed by atoms with Gasteiger partial charge in [0.2, 0.25) is 0 Å². The number of rotatable bonds is 16. The van der Waals surface area contributed by atoms with E-state index in [0.29, 0.717) is 12.5 Å². The molecule has 0 amide bonds. The van der Waals surface area contributed by atoms with E-state index in [1.54, 1.807) is 0 Å². The zero-order valence-corrected chi connectivity index (χ0v) is 17.2. The third-order valence-electron chi connectivity index (χ3n) is 5.05. The molecule has 3 atom stereocenters. The predicted molar refractivity (Wildman–Crippen MR) is 110 cm³/mol. The normalized spacial score (nSPS) is 22.0. The smallest absolute Gasteiger partial charge is 0.160 e. The van der Waals surface area contributed by atoms with Crippen LogP contribution in [0.25, 0.3) is 0 Å². The first-order valence-electron chi connectivity index (χ1n) is 11.0. The molecule has 152 valence electrons. The lowest BCUT2D eigenvalue weighted by atomic mass is 10.0. The van der Waals surface area contributed by atoms with Gasteiger partial charge in [-0.15, -0.1) is 0 Å². The van der Waals surface area contributed by atoms with E-state index in [2.05, 4.69) is 38.2 Å². The lowest BCUT2D eigenvalue weighted by molar-refractivity contribution is -0.0991. The average Bonchev–Trinajstić information content (AvgIpc) is 3.14. The maximum absolute atomic E-state index is 9.06. The SMILES string of the molecule is CCCCCCCCC/C=C\C/C=C\CCC[C@H](C)[C@H]1OC[C@H](CO)O1. The summed E-state index contributed by atoms with van der Waals surface area (Å²) in [5.41, 5.74) is 0. The Morgan fingerprint density at radius 2 is 1.58 bits per heavy atom. The molecular formula is C23H42O3. The summed E-state index contributed by atoms with van der Waals surface area (Å²) in [7, 11) is 0. The second-order valence-electron chi connectivity index (χ2n) is 7.64. The molecule has 0 aliphatic carbocycles. The highest BCUT2D eigenvalue weighted by atomic mass is 16.7. The molecule has 1 fully saturated rings. The van der Waals surface area contributed by atoms with Crippen molar-refractivity contribution in [3.05, 3.63) is 24.3 Å². The lowest BCUT2D eigenvalue weighted by Gasteiger charge is -2.17. The highest BCUT2D eigenvalue weighted by Crippen LogP contribution is 2.22. The molecule has 0 bridgehead atoms. The van der Waals surface area contributed by atoms with Gasteiger partial charge in [-0.05, 0) is 38.5 Å². The molecule has 0 radical (unpaired) electrons. The Kier molecular flexibility index (Phi) is 14.9. The Morgan fingerprint density at radius 3 is 2.23 bits per heavy atom. The van der Waals surface area contributed by atoms with Crippen LogP contribution in [0.1, 0.15) is 90.9 Å². The van der Waals surface area contributed by atoms with Gasteiger partial charge in [-0.2, -0.15) is 0 Å². The van der Waals surface area contributed by atoms with E-state index >= 15 is 0 Å². The number of allylic oxidation sites excluding steroid dienone is 4. The maximum Gasteiger partial charge on any atom is 0.160 e. The van der Waals surface area contributed by atoms with Crippen molar-refractivity contribution in [3.63, 3.8) is 0 Å². The van der Waals surface area contributed by atoms with Crippen molar-refractivity contribution in [1.82, 2.24) is 0 Å². The lowest BCUT2D eigenvalue weighted by Crippen LogP contribution is -2.21. The first-order valence-corrected chi connectivity index (χ1v) is 11.0. The van der Waals surface area contributed by atoms with Gasteiger partial charge in [0.15, 0.2) is 6.29 Å². The number of unbranched alkanes of at least 4 members (excludes halogenated alkanes) is 8. The maximum atomic E-state index is 9.06. The van der Waals surface area contributed by atoms with Gasteiger partial charge in [0.25, 0.3) is 0 Å². The minimum atomic E-state index is -0.134. The topological polar surface area (TPSA) is 38.7 Å².